The largest absolute Gasteiger partial charge is 0.390 e. The Balaban J connectivity index is 1.34. The lowest BCUT2D eigenvalue weighted by Crippen LogP contribution is -2.52. The zero-order valence-corrected chi connectivity index (χ0v) is 18.7. The lowest BCUT2D eigenvalue weighted by molar-refractivity contribution is 0.0698. The smallest absolute Gasteiger partial charge is 0.183 e. The second-order valence-corrected chi connectivity index (χ2v) is 10.7. The van der Waals surface area contributed by atoms with E-state index in [2.05, 4.69) is 10.3 Å². The summed E-state index contributed by atoms with van der Waals surface area (Å²) >= 11 is 0. The Morgan fingerprint density at radius 1 is 1.09 bits per heavy atom. The first kappa shape index (κ1) is 21.7. The van der Waals surface area contributed by atoms with Crippen molar-refractivity contribution in [3.8, 4) is 11.1 Å². The number of hydrogen-bond acceptors (Lipinski definition) is 6. The SMILES string of the molecule is CN1CC(S(=O)(=O)c2ccc(-c3c(F)cc(C4=NO[C@@H](Cn5cccn5)C4)cc3F)cc2)C1. The zero-order chi connectivity index (χ0) is 23.2. The second kappa shape index (κ2) is 8.35. The molecular formula is C23H22F2N4O3S. The maximum Gasteiger partial charge on any atom is 0.183 e. The molecule has 5 rings (SSSR count). The van der Waals surface area contributed by atoms with E-state index >= 15 is 0 Å². The molecule has 33 heavy (non-hydrogen) atoms. The van der Waals surface area contributed by atoms with Gasteiger partial charge in [0, 0.05) is 37.5 Å². The van der Waals surface area contributed by atoms with Gasteiger partial charge in [0.25, 0.3) is 0 Å². The van der Waals surface area contributed by atoms with Gasteiger partial charge in [-0.25, -0.2) is 17.2 Å². The summed E-state index contributed by atoms with van der Waals surface area (Å²) < 4.78 is 56.9. The topological polar surface area (TPSA) is 76.8 Å². The minimum atomic E-state index is -3.46. The highest BCUT2D eigenvalue weighted by atomic mass is 32.2. The molecule has 1 fully saturated rings. The molecule has 1 aromatic heterocycles. The van der Waals surface area contributed by atoms with Crippen molar-refractivity contribution in [2.75, 3.05) is 20.1 Å². The molecule has 2 aromatic carbocycles. The molecule has 0 bridgehead atoms. The van der Waals surface area contributed by atoms with Crippen LogP contribution in [0.4, 0.5) is 8.78 Å². The van der Waals surface area contributed by atoms with E-state index in [1.807, 2.05) is 11.9 Å². The van der Waals surface area contributed by atoms with Crippen LogP contribution in [-0.4, -0.2) is 60.3 Å². The van der Waals surface area contributed by atoms with Crippen molar-refractivity contribution in [2.45, 2.75) is 29.2 Å². The van der Waals surface area contributed by atoms with E-state index in [-0.39, 0.29) is 22.1 Å². The first-order valence-corrected chi connectivity index (χ1v) is 12.1. The average Bonchev–Trinajstić information content (AvgIpc) is 3.44. The molecular weight excluding hydrogens is 450 g/mol. The van der Waals surface area contributed by atoms with Gasteiger partial charge in [0.15, 0.2) is 15.9 Å². The number of likely N-dealkylation sites (tertiary alicyclic amines) is 1. The van der Waals surface area contributed by atoms with E-state index in [0.717, 1.165) is 0 Å². The summed E-state index contributed by atoms with van der Waals surface area (Å²) in [6.45, 7) is 1.44. The van der Waals surface area contributed by atoms with Crippen molar-refractivity contribution < 1.29 is 22.0 Å². The fourth-order valence-corrected chi connectivity index (χ4v) is 5.97. The minimum Gasteiger partial charge on any atom is -0.390 e. The van der Waals surface area contributed by atoms with Gasteiger partial charge in [0.2, 0.25) is 0 Å². The monoisotopic (exact) mass is 472 g/mol. The van der Waals surface area contributed by atoms with Gasteiger partial charge in [-0.15, -0.1) is 0 Å². The van der Waals surface area contributed by atoms with Crippen molar-refractivity contribution in [3.05, 3.63) is 72.1 Å². The summed E-state index contributed by atoms with van der Waals surface area (Å²) in [5.41, 5.74) is 0.828. The van der Waals surface area contributed by atoms with Gasteiger partial charge in [-0.05, 0) is 42.9 Å². The third-order valence-corrected chi connectivity index (χ3v) is 8.10. The van der Waals surface area contributed by atoms with Gasteiger partial charge < -0.3 is 9.74 Å². The van der Waals surface area contributed by atoms with Crippen LogP contribution >= 0.6 is 0 Å². The Kier molecular flexibility index (Phi) is 5.49. The van der Waals surface area contributed by atoms with Crippen LogP contribution in [-0.2, 0) is 21.2 Å². The Bertz CT molecular complexity index is 1280. The zero-order valence-electron chi connectivity index (χ0n) is 17.9. The van der Waals surface area contributed by atoms with E-state index in [1.165, 1.54) is 36.4 Å². The molecule has 0 N–H and O–H groups in total. The van der Waals surface area contributed by atoms with E-state index in [1.54, 1.807) is 23.1 Å². The molecule has 1 saturated heterocycles. The Morgan fingerprint density at radius 2 is 1.79 bits per heavy atom. The highest BCUT2D eigenvalue weighted by molar-refractivity contribution is 7.92. The van der Waals surface area contributed by atoms with Crippen molar-refractivity contribution >= 4 is 15.5 Å². The van der Waals surface area contributed by atoms with E-state index in [0.29, 0.717) is 37.3 Å². The van der Waals surface area contributed by atoms with Crippen molar-refractivity contribution in [2.24, 2.45) is 5.16 Å². The Labute approximate surface area is 190 Å². The number of benzene rings is 2. The van der Waals surface area contributed by atoms with Crippen LogP contribution in [0.3, 0.4) is 0 Å². The summed E-state index contributed by atoms with van der Waals surface area (Å²) in [5, 5.41) is 7.67. The maximum atomic E-state index is 14.9. The van der Waals surface area contributed by atoms with Crippen LogP contribution in [0.5, 0.6) is 0 Å². The predicted octanol–water partition coefficient (Wildman–Crippen LogP) is 3.11. The molecule has 0 saturated carbocycles. The molecule has 0 radical (unpaired) electrons. The number of aromatic nitrogens is 2. The molecule has 1 atom stereocenters. The summed E-state index contributed by atoms with van der Waals surface area (Å²) in [4.78, 5) is 7.47. The standard InChI is InChI=1S/C23H22F2N4O3S/c1-28-13-19(14-28)33(30,31)18-5-3-15(4-6-18)23-20(24)9-16(10-21(23)25)22-11-17(32-27-22)12-29-8-2-7-26-29/h2-10,17,19H,11-14H2,1H3/t17-/m1/s1. The van der Waals surface area contributed by atoms with Crippen LogP contribution in [0.25, 0.3) is 11.1 Å². The normalized spacial score (nSPS) is 19.2. The number of hydrogen-bond donors (Lipinski definition) is 0. The van der Waals surface area contributed by atoms with E-state index in [4.69, 9.17) is 4.84 Å². The van der Waals surface area contributed by atoms with Crippen molar-refractivity contribution in [3.63, 3.8) is 0 Å². The third-order valence-electron chi connectivity index (χ3n) is 6.00. The van der Waals surface area contributed by atoms with Crippen LogP contribution in [0, 0.1) is 11.6 Å². The fraction of sp³-hybridized carbons (Fsp3) is 0.304. The predicted molar refractivity (Wildman–Crippen MR) is 119 cm³/mol. The van der Waals surface area contributed by atoms with Gasteiger partial charge in [0.05, 0.1) is 28.0 Å². The lowest BCUT2D eigenvalue weighted by atomic mass is 9.98. The summed E-state index contributed by atoms with van der Waals surface area (Å²) in [6.07, 6.45) is 3.60. The first-order chi connectivity index (χ1) is 15.8. The Morgan fingerprint density at radius 3 is 2.39 bits per heavy atom. The number of sulfone groups is 1. The molecule has 0 spiro atoms. The van der Waals surface area contributed by atoms with Crippen LogP contribution < -0.4 is 0 Å². The number of nitrogens with zero attached hydrogens (tertiary/aromatic N) is 4. The number of halogens is 2. The first-order valence-electron chi connectivity index (χ1n) is 10.5. The number of oxime groups is 1. The Hall–Kier alpha value is -3.11. The quantitative estimate of drug-likeness (QED) is 0.551. The molecule has 2 aliphatic heterocycles. The lowest BCUT2D eigenvalue weighted by Gasteiger charge is -2.35. The van der Waals surface area contributed by atoms with Crippen LogP contribution in [0.1, 0.15) is 12.0 Å². The van der Waals surface area contributed by atoms with Gasteiger partial charge in [0.1, 0.15) is 11.6 Å². The molecule has 3 aromatic rings. The van der Waals surface area contributed by atoms with Crippen LogP contribution in [0.15, 0.2) is 64.9 Å². The van der Waals surface area contributed by atoms with E-state index in [9.17, 15) is 17.2 Å². The maximum absolute atomic E-state index is 14.9. The van der Waals surface area contributed by atoms with E-state index < -0.39 is 26.7 Å². The second-order valence-electron chi connectivity index (χ2n) is 8.43. The molecule has 0 amide bonds. The van der Waals surface area contributed by atoms with Gasteiger partial charge in [-0.1, -0.05) is 17.3 Å². The third kappa shape index (κ3) is 4.16. The highest BCUT2D eigenvalue weighted by Crippen LogP contribution is 2.31. The molecule has 3 heterocycles. The van der Waals surface area contributed by atoms with Gasteiger partial charge in [-0.3, -0.25) is 4.68 Å². The summed E-state index contributed by atoms with van der Waals surface area (Å²) in [6, 6.07) is 9.94. The fourth-order valence-electron chi connectivity index (χ4n) is 4.17. The molecule has 0 unspecified atom stereocenters. The molecule has 172 valence electrons. The van der Waals surface area contributed by atoms with Crippen molar-refractivity contribution in [1.82, 2.24) is 14.7 Å². The molecule has 10 heteroatoms. The number of rotatable bonds is 6. The molecule has 0 aliphatic carbocycles. The summed E-state index contributed by atoms with van der Waals surface area (Å²) in [7, 11) is -1.61. The molecule has 2 aliphatic rings. The summed E-state index contributed by atoms with van der Waals surface area (Å²) in [5.74, 6) is -1.50. The highest BCUT2D eigenvalue weighted by Gasteiger charge is 2.36. The van der Waals surface area contributed by atoms with Gasteiger partial charge >= 0.3 is 0 Å². The van der Waals surface area contributed by atoms with Crippen LogP contribution in [0.2, 0.25) is 0 Å². The minimum absolute atomic E-state index is 0.155. The van der Waals surface area contributed by atoms with Crippen molar-refractivity contribution in [1.29, 1.82) is 0 Å². The average molecular weight is 473 g/mol. The van der Waals surface area contributed by atoms with Gasteiger partial charge in [-0.2, -0.15) is 5.10 Å². The molecule has 7 nitrogen and oxygen atoms in total.